The van der Waals surface area contributed by atoms with Crippen LogP contribution in [0.4, 0.5) is 13.2 Å². The van der Waals surface area contributed by atoms with Crippen LogP contribution >= 0.6 is 24.0 Å². The van der Waals surface area contributed by atoms with Crippen molar-refractivity contribution < 1.29 is 18.0 Å². The number of amides is 1. The molecule has 150 valence electrons. The Morgan fingerprint density at radius 2 is 1.82 bits per heavy atom. The summed E-state index contributed by atoms with van der Waals surface area (Å²) < 4.78 is 39.3. The Kier molecular flexibility index (Phi) is 5.67. The summed E-state index contributed by atoms with van der Waals surface area (Å²) in [6.07, 6.45) is -2.74. The lowest BCUT2D eigenvalue weighted by molar-refractivity contribution is -0.137. The van der Waals surface area contributed by atoms with E-state index in [9.17, 15) is 18.0 Å². The maximum absolute atomic E-state index is 13.1. The smallest absolute Gasteiger partial charge is 0.343 e. The van der Waals surface area contributed by atoms with Crippen LogP contribution in [-0.4, -0.2) is 18.0 Å². The summed E-state index contributed by atoms with van der Waals surface area (Å²) in [6, 6.07) is 12.5. The normalized spacial score (nSPS) is 24.1. The molecule has 1 saturated carbocycles. The van der Waals surface area contributed by atoms with E-state index in [0.717, 1.165) is 31.0 Å². The van der Waals surface area contributed by atoms with E-state index >= 15 is 0 Å². The van der Waals surface area contributed by atoms with Crippen molar-refractivity contribution in [1.82, 2.24) is 10.6 Å². The number of carbonyl (C=O) groups is 1. The molecule has 3 aliphatic rings. The lowest BCUT2D eigenvalue weighted by atomic mass is 9.67. The zero-order valence-electron chi connectivity index (χ0n) is 14.7. The molecular weight excluding hydrogens is 412 g/mol. The lowest BCUT2D eigenvalue weighted by Crippen LogP contribution is -2.54. The molecule has 0 radical (unpaired) electrons. The molecule has 2 bridgehead atoms. The Morgan fingerprint density at radius 1 is 1.14 bits per heavy atom. The first-order chi connectivity index (χ1) is 12.8. The fourth-order valence-corrected chi connectivity index (χ4v) is 4.58. The van der Waals surface area contributed by atoms with E-state index in [4.69, 9.17) is 11.6 Å². The molecule has 2 aromatic rings. The number of rotatable bonds is 4. The first-order valence-electron chi connectivity index (χ1n) is 8.77. The second kappa shape index (κ2) is 7.58. The lowest BCUT2D eigenvalue weighted by Gasteiger charge is -2.44. The van der Waals surface area contributed by atoms with Gasteiger partial charge in [0.15, 0.2) is 0 Å². The maximum atomic E-state index is 13.1. The number of nitrogens with one attached hydrogen (secondary N) is 2. The second-order valence-electron chi connectivity index (χ2n) is 7.29. The van der Waals surface area contributed by atoms with Crippen LogP contribution in [0.2, 0.25) is 5.02 Å². The van der Waals surface area contributed by atoms with Crippen molar-refractivity contribution in [2.75, 3.05) is 6.54 Å². The average Bonchev–Trinajstić information content (AvgIpc) is 3.21. The van der Waals surface area contributed by atoms with Gasteiger partial charge < -0.3 is 10.6 Å². The monoisotopic (exact) mass is 430 g/mol. The van der Waals surface area contributed by atoms with Gasteiger partial charge in [-0.3, -0.25) is 4.79 Å². The minimum atomic E-state index is -4.61. The van der Waals surface area contributed by atoms with Crippen LogP contribution in [0.3, 0.4) is 0 Å². The standard InChI is InChI=1S/C20H18ClF3N2O.ClH/c21-16-14(7-4-8-15(16)20(22,23)24)18(27)26-17(13-5-2-1-3-6-13)19-9-12(10-19)11-25-19;/h1-8,12,17,25H,9-11H2,(H,26,27);1H. The maximum Gasteiger partial charge on any atom is 0.417 e. The summed E-state index contributed by atoms with van der Waals surface area (Å²) in [7, 11) is 0. The zero-order chi connectivity index (χ0) is 19.2. The first kappa shape index (κ1) is 21.0. The summed E-state index contributed by atoms with van der Waals surface area (Å²) in [4.78, 5) is 12.9. The van der Waals surface area contributed by atoms with Crippen molar-refractivity contribution in [2.45, 2.75) is 30.6 Å². The third-order valence-corrected chi connectivity index (χ3v) is 5.97. The molecule has 5 rings (SSSR count). The van der Waals surface area contributed by atoms with Gasteiger partial charge in [-0.25, -0.2) is 0 Å². The average molecular weight is 431 g/mol. The third kappa shape index (κ3) is 3.61. The predicted octanol–water partition coefficient (Wildman–Crippen LogP) is 5.00. The molecule has 0 aromatic heterocycles. The largest absolute Gasteiger partial charge is 0.417 e. The van der Waals surface area contributed by atoms with Crippen molar-refractivity contribution >= 4 is 29.9 Å². The van der Waals surface area contributed by atoms with Gasteiger partial charge in [-0.05, 0) is 43.0 Å². The first-order valence-corrected chi connectivity index (χ1v) is 9.14. The molecule has 8 heteroatoms. The molecular formula is C20H19Cl2F3N2O. The Morgan fingerprint density at radius 3 is 2.39 bits per heavy atom. The molecule has 3 fully saturated rings. The Hall–Kier alpha value is -1.76. The minimum absolute atomic E-state index is 0. The Labute approximate surface area is 172 Å². The Bertz CT molecular complexity index is 862. The van der Waals surface area contributed by atoms with Crippen LogP contribution in [0.5, 0.6) is 0 Å². The van der Waals surface area contributed by atoms with Crippen LogP contribution < -0.4 is 10.6 Å². The molecule has 1 atom stereocenters. The number of hydrogen-bond donors (Lipinski definition) is 2. The van der Waals surface area contributed by atoms with Crippen molar-refractivity contribution in [1.29, 1.82) is 0 Å². The summed E-state index contributed by atoms with van der Waals surface area (Å²) >= 11 is 5.93. The van der Waals surface area contributed by atoms with Gasteiger partial charge in [0.2, 0.25) is 0 Å². The van der Waals surface area contributed by atoms with Gasteiger partial charge >= 0.3 is 6.18 Å². The van der Waals surface area contributed by atoms with E-state index in [1.54, 1.807) is 0 Å². The van der Waals surface area contributed by atoms with Crippen LogP contribution in [0, 0.1) is 5.92 Å². The van der Waals surface area contributed by atoms with Gasteiger partial charge in [0.25, 0.3) is 5.91 Å². The van der Waals surface area contributed by atoms with Gasteiger partial charge in [-0.2, -0.15) is 13.2 Å². The number of hydrogen-bond acceptors (Lipinski definition) is 2. The van der Waals surface area contributed by atoms with Crippen molar-refractivity contribution in [2.24, 2.45) is 5.92 Å². The molecule has 2 heterocycles. The van der Waals surface area contributed by atoms with Gasteiger partial charge in [0, 0.05) is 5.54 Å². The van der Waals surface area contributed by atoms with Crippen molar-refractivity contribution in [3.8, 4) is 0 Å². The highest BCUT2D eigenvalue weighted by atomic mass is 35.5. The van der Waals surface area contributed by atoms with Crippen molar-refractivity contribution in [3.05, 3.63) is 70.2 Å². The highest BCUT2D eigenvalue weighted by molar-refractivity contribution is 6.34. The summed E-state index contributed by atoms with van der Waals surface area (Å²) in [5, 5.41) is 5.85. The zero-order valence-corrected chi connectivity index (χ0v) is 16.3. The quantitative estimate of drug-likeness (QED) is 0.715. The summed E-state index contributed by atoms with van der Waals surface area (Å²) in [6.45, 7) is 0.892. The van der Waals surface area contributed by atoms with Crippen LogP contribution in [0.25, 0.3) is 0 Å². The number of benzene rings is 2. The molecule has 2 aliphatic heterocycles. The molecule has 28 heavy (non-hydrogen) atoms. The molecule has 1 unspecified atom stereocenters. The van der Waals surface area contributed by atoms with E-state index in [0.29, 0.717) is 5.92 Å². The van der Waals surface area contributed by atoms with Crippen LogP contribution in [-0.2, 0) is 6.18 Å². The van der Waals surface area contributed by atoms with Gasteiger partial charge in [-0.1, -0.05) is 48.0 Å². The molecule has 2 saturated heterocycles. The third-order valence-electron chi connectivity index (χ3n) is 5.56. The molecule has 2 N–H and O–H groups in total. The van der Waals surface area contributed by atoms with Gasteiger partial charge in [-0.15, -0.1) is 12.4 Å². The van der Waals surface area contributed by atoms with Gasteiger partial charge in [0.05, 0.1) is 22.2 Å². The Balaban J connectivity index is 0.00000225. The number of fused-ring (bicyclic) bond motifs is 1. The number of halogens is 5. The van der Waals surface area contributed by atoms with E-state index in [1.165, 1.54) is 12.1 Å². The SMILES string of the molecule is Cl.O=C(NC(c1ccccc1)C12CC(CN1)C2)c1cccc(C(F)(F)F)c1Cl. The summed E-state index contributed by atoms with van der Waals surface area (Å²) in [5.41, 5.74) is -0.510. The van der Waals surface area contributed by atoms with Crippen LogP contribution in [0.15, 0.2) is 48.5 Å². The van der Waals surface area contributed by atoms with E-state index in [2.05, 4.69) is 10.6 Å². The second-order valence-corrected chi connectivity index (χ2v) is 7.67. The molecule has 1 aliphatic carbocycles. The summed E-state index contributed by atoms with van der Waals surface area (Å²) in [5.74, 6) is -0.0169. The molecule has 3 nitrogen and oxygen atoms in total. The van der Waals surface area contributed by atoms with Gasteiger partial charge in [0.1, 0.15) is 0 Å². The highest BCUT2D eigenvalue weighted by Gasteiger charge is 2.55. The fraction of sp³-hybridized carbons (Fsp3) is 0.350. The molecule has 1 amide bonds. The predicted molar refractivity (Wildman–Crippen MR) is 104 cm³/mol. The fourth-order valence-electron chi connectivity index (χ4n) is 4.27. The van der Waals surface area contributed by atoms with E-state index in [-0.39, 0.29) is 29.6 Å². The molecule has 2 aromatic carbocycles. The topological polar surface area (TPSA) is 41.1 Å². The molecule has 0 spiro atoms. The van der Waals surface area contributed by atoms with E-state index in [1.807, 2.05) is 30.3 Å². The number of alkyl halides is 3. The van der Waals surface area contributed by atoms with Crippen LogP contribution in [0.1, 0.15) is 40.4 Å². The number of carbonyl (C=O) groups excluding carboxylic acids is 1. The van der Waals surface area contributed by atoms with E-state index < -0.39 is 22.7 Å². The van der Waals surface area contributed by atoms with Crippen molar-refractivity contribution in [3.63, 3.8) is 0 Å². The minimum Gasteiger partial charge on any atom is -0.343 e. The highest BCUT2D eigenvalue weighted by Crippen LogP contribution is 2.50.